The van der Waals surface area contributed by atoms with Gasteiger partial charge in [0.15, 0.2) is 0 Å². The van der Waals surface area contributed by atoms with Gasteiger partial charge in [0.2, 0.25) is 0 Å². The minimum absolute atomic E-state index is 0.645. The highest BCUT2D eigenvalue weighted by atomic mass is 31.2. The Bertz CT molecular complexity index is 380. The molecule has 0 heterocycles. The first-order valence-electron chi connectivity index (χ1n) is 7.65. The second-order valence-electron chi connectivity index (χ2n) is 5.15. The van der Waals surface area contributed by atoms with E-state index in [1.54, 1.807) is 0 Å². The summed E-state index contributed by atoms with van der Waals surface area (Å²) in [4.78, 5) is 18.2. The first-order chi connectivity index (χ1) is 9.69. The molecule has 0 aliphatic carbocycles. The molecular formula is C16H27O3P. The maximum absolute atomic E-state index is 9.11. The quantitative estimate of drug-likeness (QED) is 0.484. The molecule has 0 atom stereocenters. The molecule has 0 aliphatic heterocycles. The summed E-state index contributed by atoms with van der Waals surface area (Å²) in [5, 5.41) is 0. The van der Waals surface area contributed by atoms with E-state index < -0.39 is 8.60 Å². The van der Waals surface area contributed by atoms with Gasteiger partial charge in [-0.15, -0.1) is 0 Å². The largest absolute Gasteiger partial charge is 0.427 e. The molecule has 0 aromatic heterocycles. The predicted octanol–water partition coefficient (Wildman–Crippen LogP) is 4.74. The maximum Gasteiger partial charge on any atom is 0.391 e. The van der Waals surface area contributed by atoms with Crippen molar-refractivity contribution in [2.75, 3.05) is 0 Å². The van der Waals surface area contributed by atoms with Crippen molar-refractivity contribution in [2.24, 2.45) is 0 Å². The summed E-state index contributed by atoms with van der Waals surface area (Å²) in [6.07, 6.45) is 9.10. The third kappa shape index (κ3) is 6.21. The Morgan fingerprint density at radius 2 is 1.60 bits per heavy atom. The Balaban J connectivity index is 2.83. The van der Waals surface area contributed by atoms with Crippen LogP contribution in [0.15, 0.2) is 18.2 Å². The van der Waals surface area contributed by atoms with Gasteiger partial charge < -0.3 is 14.3 Å². The zero-order valence-electron chi connectivity index (χ0n) is 12.6. The van der Waals surface area contributed by atoms with Gasteiger partial charge in [-0.25, -0.2) is 0 Å². The van der Waals surface area contributed by atoms with Crippen LogP contribution in [-0.2, 0) is 12.8 Å². The van der Waals surface area contributed by atoms with Gasteiger partial charge in [0.25, 0.3) is 0 Å². The molecular weight excluding hydrogens is 271 g/mol. The maximum atomic E-state index is 9.11. The van der Waals surface area contributed by atoms with E-state index >= 15 is 0 Å². The lowest BCUT2D eigenvalue weighted by Crippen LogP contribution is -1.99. The third-order valence-electron chi connectivity index (χ3n) is 3.49. The van der Waals surface area contributed by atoms with Crippen LogP contribution in [0.2, 0.25) is 0 Å². The van der Waals surface area contributed by atoms with Crippen molar-refractivity contribution in [1.82, 2.24) is 0 Å². The molecule has 0 bridgehead atoms. The number of unbranched alkanes of at least 4 members (excludes halogenated alkanes) is 4. The van der Waals surface area contributed by atoms with E-state index in [2.05, 4.69) is 19.9 Å². The fourth-order valence-corrected chi connectivity index (χ4v) is 2.77. The molecule has 0 unspecified atom stereocenters. The van der Waals surface area contributed by atoms with Crippen molar-refractivity contribution in [3.63, 3.8) is 0 Å². The molecule has 20 heavy (non-hydrogen) atoms. The van der Waals surface area contributed by atoms with Gasteiger partial charge in [0.1, 0.15) is 5.75 Å². The highest BCUT2D eigenvalue weighted by Crippen LogP contribution is 2.34. The van der Waals surface area contributed by atoms with Gasteiger partial charge in [-0.2, -0.15) is 0 Å². The molecule has 3 nitrogen and oxygen atoms in total. The Labute approximate surface area is 124 Å². The van der Waals surface area contributed by atoms with Gasteiger partial charge in [-0.1, -0.05) is 51.7 Å². The number of aryl methyl sites for hydroxylation is 1. The van der Waals surface area contributed by atoms with E-state index in [1.165, 1.54) is 37.7 Å². The summed E-state index contributed by atoms with van der Waals surface area (Å²) < 4.78 is 5.20. The summed E-state index contributed by atoms with van der Waals surface area (Å²) in [6, 6.07) is 5.92. The molecule has 2 N–H and O–H groups in total. The zero-order valence-corrected chi connectivity index (χ0v) is 13.5. The standard InChI is InChI=1S/C16H27O3P/c1-3-5-7-10-14-11-9-13-16(19-20(17)18)15(14)12-8-6-4-2/h9,11,13,17-18H,3-8,10,12H2,1-2H3. The molecule has 1 rings (SSSR count). The minimum Gasteiger partial charge on any atom is -0.427 e. The predicted molar refractivity (Wildman–Crippen MR) is 84.9 cm³/mol. The van der Waals surface area contributed by atoms with E-state index in [1.807, 2.05) is 12.1 Å². The van der Waals surface area contributed by atoms with Crippen molar-refractivity contribution in [2.45, 2.75) is 65.2 Å². The third-order valence-corrected chi connectivity index (χ3v) is 3.85. The fraction of sp³-hybridized carbons (Fsp3) is 0.625. The van der Waals surface area contributed by atoms with Crippen molar-refractivity contribution in [1.29, 1.82) is 0 Å². The lowest BCUT2D eigenvalue weighted by molar-refractivity contribution is 0.373. The number of rotatable bonds is 10. The smallest absolute Gasteiger partial charge is 0.391 e. The van der Waals surface area contributed by atoms with Gasteiger partial charge in [-0.3, -0.25) is 0 Å². The summed E-state index contributed by atoms with van der Waals surface area (Å²) >= 11 is 0. The zero-order chi connectivity index (χ0) is 14.8. The molecule has 114 valence electrons. The molecule has 0 saturated heterocycles. The Morgan fingerprint density at radius 1 is 0.950 bits per heavy atom. The number of hydrogen-bond donors (Lipinski definition) is 2. The molecule has 0 spiro atoms. The molecule has 0 aliphatic rings. The first-order valence-corrected chi connectivity index (χ1v) is 8.82. The average Bonchev–Trinajstić information content (AvgIpc) is 2.41. The van der Waals surface area contributed by atoms with Crippen LogP contribution < -0.4 is 4.52 Å². The van der Waals surface area contributed by atoms with Crippen molar-refractivity contribution >= 4 is 8.60 Å². The van der Waals surface area contributed by atoms with E-state index in [0.717, 1.165) is 24.8 Å². The van der Waals surface area contributed by atoms with E-state index in [-0.39, 0.29) is 0 Å². The normalized spacial score (nSPS) is 11.1. The second-order valence-corrected chi connectivity index (χ2v) is 5.84. The second kappa shape index (κ2) is 10.1. The lowest BCUT2D eigenvalue weighted by Gasteiger charge is -2.15. The fourth-order valence-electron chi connectivity index (χ4n) is 2.42. The lowest BCUT2D eigenvalue weighted by atomic mass is 9.96. The van der Waals surface area contributed by atoms with Crippen LogP contribution in [0.4, 0.5) is 0 Å². The van der Waals surface area contributed by atoms with Crippen LogP contribution in [0, 0.1) is 0 Å². The van der Waals surface area contributed by atoms with Crippen LogP contribution in [0.25, 0.3) is 0 Å². The molecule has 0 fully saturated rings. The Kier molecular flexibility index (Phi) is 8.84. The van der Waals surface area contributed by atoms with Crippen LogP contribution in [-0.4, -0.2) is 9.79 Å². The van der Waals surface area contributed by atoms with Crippen molar-refractivity contribution in [3.05, 3.63) is 29.3 Å². The molecule has 0 radical (unpaired) electrons. The molecule has 1 aromatic rings. The van der Waals surface area contributed by atoms with Gasteiger partial charge in [0, 0.05) is 0 Å². The first kappa shape index (κ1) is 17.4. The summed E-state index contributed by atoms with van der Waals surface area (Å²) in [6.45, 7) is 4.39. The highest BCUT2D eigenvalue weighted by Gasteiger charge is 2.12. The molecule has 1 aromatic carbocycles. The van der Waals surface area contributed by atoms with E-state index in [4.69, 9.17) is 14.3 Å². The van der Waals surface area contributed by atoms with Gasteiger partial charge >= 0.3 is 8.60 Å². The summed E-state index contributed by atoms with van der Waals surface area (Å²) in [5.74, 6) is 0.645. The molecule has 0 saturated carbocycles. The van der Waals surface area contributed by atoms with Crippen LogP contribution >= 0.6 is 8.60 Å². The Morgan fingerprint density at radius 3 is 2.20 bits per heavy atom. The average molecular weight is 298 g/mol. The van der Waals surface area contributed by atoms with Gasteiger partial charge in [0.05, 0.1) is 0 Å². The molecule has 0 amide bonds. The Hall–Kier alpha value is -0.630. The highest BCUT2D eigenvalue weighted by molar-refractivity contribution is 7.39. The van der Waals surface area contributed by atoms with E-state index in [0.29, 0.717) is 5.75 Å². The van der Waals surface area contributed by atoms with Crippen molar-refractivity contribution < 1.29 is 14.3 Å². The monoisotopic (exact) mass is 298 g/mol. The SMILES string of the molecule is CCCCCc1cccc(OP(O)O)c1CCCCC. The topological polar surface area (TPSA) is 49.7 Å². The van der Waals surface area contributed by atoms with Crippen LogP contribution in [0.5, 0.6) is 5.75 Å². The van der Waals surface area contributed by atoms with E-state index in [9.17, 15) is 0 Å². The van der Waals surface area contributed by atoms with Crippen LogP contribution in [0.3, 0.4) is 0 Å². The summed E-state index contributed by atoms with van der Waals surface area (Å²) in [5.41, 5.74) is 2.46. The summed E-state index contributed by atoms with van der Waals surface area (Å²) in [7, 11) is -2.34. The molecule has 4 heteroatoms. The minimum atomic E-state index is -2.34. The van der Waals surface area contributed by atoms with Gasteiger partial charge in [-0.05, 0) is 42.9 Å². The number of hydrogen-bond acceptors (Lipinski definition) is 3. The number of benzene rings is 1. The van der Waals surface area contributed by atoms with Crippen LogP contribution in [0.1, 0.15) is 63.5 Å². The van der Waals surface area contributed by atoms with Crippen molar-refractivity contribution in [3.8, 4) is 5.75 Å².